The number of hydrazone groups is 2. The summed E-state index contributed by atoms with van der Waals surface area (Å²) in [6, 6.07) is 15.2. The van der Waals surface area contributed by atoms with E-state index in [-0.39, 0.29) is 11.8 Å². The van der Waals surface area contributed by atoms with Gasteiger partial charge in [-0.05, 0) is 100 Å². The first-order chi connectivity index (χ1) is 17.9. The fourth-order valence-electron chi connectivity index (χ4n) is 3.55. The zero-order valence-electron chi connectivity index (χ0n) is 22.5. The van der Waals surface area contributed by atoms with Gasteiger partial charge in [-0.2, -0.15) is 10.2 Å². The molecule has 0 aromatic heterocycles. The van der Waals surface area contributed by atoms with E-state index >= 15 is 0 Å². The molecule has 0 aliphatic carbocycles. The van der Waals surface area contributed by atoms with E-state index in [4.69, 9.17) is 9.47 Å². The Bertz CT molecular complexity index is 947. The number of carbonyl (C=O) groups excluding carboxylic acids is 2. The van der Waals surface area contributed by atoms with Crippen LogP contribution in [0.25, 0.3) is 0 Å². The van der Waals surface area contributed by atoms with Crippen LogP contribution in [0.4, 0.5) is 0 Å². The molecule has 0 aliphatic rings. The number of rotatable bonds is 16. The lowest BCUT2D eigenvalue weighted by Crippen LogP contribution is -2.19. The summed E-state index contributed by atoms with van der Waals surface area (Å²) in [6.07, 6.45) is 5.30. The SMILES string of the molecule is CCOc1ccc(C(C)=NNC(=O)CCCCCCCC(=O)NN=C(C)c2ccc(OCC)cc2)cc1. The van der Waals surface area contributed by atoms with Crippen molar-refractivity contribution in [3.63, 3.8) is 0 Å². The Hall–Kier alpha value is -3.68. The molecule has 0 bridgehead atoms. The largest absolute Gasteiger partial charge is 0.494 e. The summed E-state index contributed by atoms with van der Waals surface area (Å²) >= 11 is 0. The maximum atomic E-state index is 12.1. The number of hydrogen-bond acceptors (Lipinski definition) is 6. The normalized spacial score (nSPS) is 11.7. The number of amides is 2. The summed E-state index contributed by atoms with van der Waals surface area (Å²) in [5.74, 6) is 1.44. The number of benzene rings is 2. The minimum Gasteiger partial charge on any atom is -0.494 e. The standard InChI is InChI=1S/C29H40N4O4/c1-5-36-26-18-14-24(15-19-26)22(3)30-32-28(34)12-10-8-7-9-11-13-29(35)33-31-23(4)25-16-20-27(21-17-25)37-6-2/h14-21H,5-13H2,1-4H3,(H,32,34)(H,33,35). The smallest absolute Gasteiger partial charge is 0.240 e. The molecular weight excluding hydrogens is 468 g/mol. The first-order valence-electron chi connectivity index (χ1n) is 13.1. The third-order valence-corrected chi connectivity index (χ3v) is 5.67. The van der Waals surface area contributed by atoms with Gasteiger partial charge in [-0.25, -0.2) is 10.9 Å². The van der Waals surface area contributed by atoms with E-state index in [1.807, 2.05) is 76.2 Å². The van der Waals surface area contributed by atoms with Gasteiger partial charge in [0.2, 0.25) is 11.8 Å². The molecule has 0 unspecified atom stereocenters. The zero-order valence-corrected chi connectivity index (χ0v) is 22.5. The quantitative estimate of drug-likeness (QED) is 0.175. The van der Waals surface area contributed by atoms with Crippen molar-refractivity contribution in [2.45, 2.75) is 72.6 Å². The highest BCUT2D eigenvalue weighted by Crippen LogP contribution is 2.14. The van der Waals surface area contributed by atoms with E-state index in [0.29, 0.717) is 26.1 Å². The highest BCUT2D eigenvalue weighted by molar-refractivity contribution is 5.99. The Morgan fingerprint density at radius 2 is 0.973 bits per heavy atom. The van der Waals surface area contributed by atoms with Crippen LogP contribution in [0.2, 0.25) is 0 Å². The predicted octanol–water partition coefficient (Wildman–Crippen LogP) is 5.60. The molecule has 200 valence electrons. The molecular formula is C29H40N4O4. The lowest BCUT2D eigenvalue weighted by molar-refractivity contribution is -0.121. The van der Waals surface area contributed by atoms with Gasteiger partial charge < -0.3 is 9.47 Å². The van der Waals surface area contributed by atoms with Crippen molar-refractivity contribution in [1.82, 2.24) is 10.9 Å². The van der Waals surface area contributed by atoms with Crippen LogP contribution < -0.4 is 20.3 Å². The molecule has 8 heteroatoms. The van der Waals surface area contributed by atoms with E-state index in [9.17, 15) is 9.59 Å². The monoisotopic (exact) mass is 508 g/mol. The summed E-state index contributed by atoms with van der Waals surface area (Å²) in [4.78, 5) is 24.1. The average molecular weight is 509 g/mol. The molecule has 37 heavy (non-hydrogen) atoms. The predicted molar refractivity (Wildman–Crippen MR) is 148 cm³/mol. The highest BCUT2D eigenvalue weighted by Gasteiger charge is 2.04. The number of hydrogen-bond donors (Lipinski definition) is 2. The van der Waals surface area contributed by atoms with Crippen molar-refractivity contribution >= 4 is 23.2 Å². The highest BCUT2D eigenvalue weighted by atomic mass is 16.5. The Morgan fingerprint density at radius 1 is 0.622 bits per heavy atom. The third-order valence-electron chi connectivity index (χ3n) is 5.67. The maximum Gasteiger partial charge on any atom is 0.240 e. The minimum absolute atomic E-state index is 0.0922. The Kier molecular flexibility index (Phi) is 13.5. The number of nitrogens with zero attached hydrogens (tertiary/aromatic N) is 2. The van der Waals surface area contributed by atoms with Crippen molar-refractivity contribution in [1.29, 1.82) is 0 Å². The molecule has 8 nitrogen and oxygen atoms in total. The molecule has 2 rings (SSSR count). The molecule has 0 heterocycles. The van der Waals surface area contributed by atoms with Gasteiger partial charge in [0.1, 0.15) is 11.5 Å². The first-order valence-corrected chi connectivity index (χ1v) is 13.1. The van der Waals surface area contributed by atoms with Crippen LogP contribution in [0.5, 0.6) is 11.5 Å². The zero-order chi connectivity index (χ0) is 26.9. The van der Waals surface area contributed by atoms with E-state index < -0.39 is 0 Å². The first kappa shape index (κ1) is 29.5. The topological polar surface area (TPSA) is 101 Å². The van der Waals surface area contributed by atoms with Gasteiger partial charge >= 0.3 is 0 Å². The van der Waals surface area contributed by atoms with Gasteiger partial charge in [0.05, 0.1) is 24.6 Å². The number of nitrogens with one attached hydrogen (secondary N) is 2. The average Bonchev–Trinajstić information content (AvgIpc) is 2.91. The summed E-state index contributed by atoms with van der Waals surface area (Å²) in [6.45, 7) is 8.85. The van der Waals surface area contributed by atoms with Crippen LogP contribution in [-0.4, -0.2) is 36.5 Å². The van der Waals surface area contributed by atoms with E-state index in [1.165, 1.54) is 0 Å². The molecule has 2 amide bonds. The molecule has 0 radical (unpaired) electrons. The summed E-state index contributed by atoms with van der Waals surface area (Å²) in [5, 5.41) is 8.39. The molecule has 0 atom stereocenters. The molecule has 0 saturated carbocycles. The van der Waals surface area contributed by atoms with E-state index in [2.05, 4.69) is 21.1 Å². The van der Waals surface area contributed by atoms with Gasteiger partial charge in [0.25, 0.3) is 0 Å². The van der Waals surface area contributed by atoms with Crippen molar-refractivity contribution in [3.8, 4) is 11.5 Å². The molecule has 0 fully saturated rings. The molecule has 2 aromatic carbocycles. The summed E-state index contributed by atoms with van der Waals surface area (Å²) < 4.78 is 10.9. The lowest BCUT2D eigenvalue weighted by Gasteiger charge is -2.06. The van der Waals surface area contributed by atoms with Crippen molar-refractivity contribution in [2.75, 3.05) is 13.2 Å². The van der Waals surface area contributed by atoms with Crippen molar-refractivity contribution < 1.29 is 19.1 Å². The number of carbonyl (C=O) groups is 2. The second kappa shape index (κ2) is 16.9. The van der Waals surface area contributed by atoms with Crippen LogP contribution in [0.15, 0.2) is 58.7 Å². The molecule has 0 saturated heterocycles. The fraction of sp³-hybridized carbons (Fsp3) is 0.448. The van der Waals surface area contributed by atoms with Gasteiger partial charge in [-0.15, -0.1) is 0 Å². The Morgan fingerprint density at radius 3 is 1.32 bits per heavy atom. The Labute approximate surface area is 220 Å². The van der Waals surface area contributed by atoms with Crippen LogP contribution in [0.1, 0.15) is 83.8 Å². The number of unbranched alkanes of at least 4 members (excludes halogenated alkanes) is 4. The van der Waals surface area contributed by atoms with Crippen LogP contribution >= 0.6 is 0 Å². The summed E-state index contributed by atoms with van der Waals surface area (Å²) in [5.41, 5.74) is 8.61. The summed E-state index contributed by atoms with van der Waals surface area (Å²) in [7, 11) is 0. The van der Waals surface area contributed by atoms with Crippen LogP contribution in [0, 0.1) is 0 Å². The number of ether oxygens (including phenoxy) is 2. The van der Waals surface area contributed by atoms with Crippen LogP contribution in [-0.2, 0) is 9.59 Å². The Balaban J connectivity index is 1.55. The van der Waals surface area contributed by atoms with Crippen molar-refractivity contribution in [3.05, 3.63) is 59.7 Å². The molecule has 2 aromatic rings. The second-order valence-electron chi connectivity index (χ2n) is 8.65. The van der Waals surface area contributed by atoms with Gasteiger partial charge in [0.15, 0.2) is 0 Å². The van der Waals surface area contributed by atoms with Gasteiger partial charge in [0, 0.05) is 12.8 Å². The maximum absolute atomic E-state index is 12.1. The lowest BCUT2D eigenvalue weighted by atomic mass is 10.1. The van der Waals surface area contributed by atoms with Crippen molar-refractivity contribution in [2.24, 2.45) is 10.2 Å². The second-order valence-corrected chi connectivity index (χ2v) is 8.65. The van der Waals surface area contributed by atoms with Gasteiger partial charge in [-0.3, -0.25) is 9.59 Å². The minimum atomic E-state index is -0.0922. The van der Waals surface area contributed by atoms with Crippen LogP contribution in [0.3, 0.4) is 0 Å². The molecule has 0 aliphatic heterocycles. The van der Waals surface area contributed by atoms with Gasteiger partial charge in [-0.1, -0.05) is 19.3 Å². The third kappa shape index (κ3) is 11.7. The van der Waals surface area contributed by atoms with E-state index in [1.54, 1.807) is 0 Å². The molecule has 0 spiro atoms. The fourth-order valence-corrected chi connectivity index (χ4v) is 3.55. The molecule has 2 N–H and O–H groups in total. The van der Waals surface area contributed by atoms with E-state index in [0.717, 1.165) is 66.2 Å².